The molecule has 3 aromatic rings. The first-order valence-corrected chi connectivity index (χ1v) is 15.3. The van der Waals surface area contributed by atoms with E-state index >= 15 is 0 Å². The molecule has 0 bridgehead atoms. The molecule has 0 fully saturated rings. The van der Waals surface area contributed by atoms with Gasteiger partial charge in [0.2, 0.25) is 0 Å². The maximum Gasteiger partial charge on any atom is -0.0256 e. The van der Waals surface area contributed by atoms with Crippen LogP contribution in [0.15, 0.2) is 84.9 Å². The third-order valence-corrected chi connectivity index (χ3v) is 5.39. The molecule has 0 aromatic heterocycles. The van der Waals surface area contributed by atoms with E-state index < -0.39 is 0 Å². The van der Waals surface area contributed by atoms with Crippen molar-refractivity contribution in [1.82, 2.24) is 0 Å². The highest BCUT2D eigenvalue weighted by molar-refractivity contribution is 5.72. The van der Waals surface area contributed by atoms with Crippen molar-refractivity contribution in [1.29, 1.82) is 0 Å². The molecular weight excluding hydrogens is 456 g/mol. The van der Waals surface area contributed by atoms with E-state index in [1.165, 1.54) is 73.6 Å². The molecule has 210 valence electrons. The third-order valence-electron chi connectivity index (χ3n) is 5.39. The van der Waals surface area contributed by atoms with E-state index in [0.717, 1.165) is 0 Å². The number of hydrogen-bond donors (Lipinski definition) is 0. The number of hydrogen-bond acceptors (Lipinski definition) is 0. The van der Waals surface area contributed by atoms with Gasteiger partial charge in [0, 0.05) is 0 Å². The molecule has 0 N–H and O–H groups in total. The molecule has 0 aliphatic heterocycles. The zero-order chi connectivity index (χ0) is 28.7. The van der Waals surface area contributed by atoms with Crippen LogP contribution in [-0.4, -0.2) is 0 Å². The minimum Gasteiger partial charge on any atom is -0.0683 e. The second-order valence-electron chi connectivity index (χ2n) is 8.57. The molecule has 0 radical (unpaired) electrons. The molecule has 0 heterocycles. The lowest BCUT2D eigenvalue weighted by Crippen LogP contribution is -1.75. The number of benzene rings is 3. The lowest BCUT2D eigenvalue weighted by Gasteiger charge is -1.97. The van der Waals surface area contributed by atoms with E-state index in [9.17, 15) is 0 Å². The number of unbranched alkanes of at least 4 members (excludes halogenated alkanes) is 6. The fraction of sp³-hybridized carbons (Fsp3) is 0.421. The molecule has 0 aliphatic rings. The van der Waals surface area contributed by atoms with Crippen molar-refractivity contribution in [3.05, 3.63) is 107 Å². The average Bonchev–Trinajstić information content (AvgIpc) is 3.01. The Bertz CT molecular complexity index is 786. The van der Waals surface area contributed by atoms with Crippen LogP contribution in [-0.2, 0) is 0 Å². The standard InChI is InChI=1S/C22H18.2C6H14.2C2H6/c1-3-7-19(8-4-1)11-13-21-15-17-22(18-16-21)14-12-20-9-5-2-6-10-20;2*1-3-5-6-4-2;2*1-2/h1-18H;2*3-6H2,1-2H3;2*1-2H3. The Kier molecular flexibility index (Phi) is 29.8. The van der Waals surface area contributed by atoms with Crippen LogP contribution in [0.25, 0.3) is 24.3 Å². The maximum absolute atomic E-state index is 2.23. The van der Waals surface area contributed by atoms with Crippen molar-refractivity contribution in [2.75, 3.05) is 0 Å². The minimum atomic E-state index is 1.21. The van der Waals surface area contributed by atoms with E-state index in [2.05, 4.69) is 125 Å². The third kappa shape index (κ3) is 22.3. The van der Waals surface area contributed by atoms with Crippen LogP contribution < -0.4 is 0 Å². The molecule has 0 atom stereocenters. The summed E-state index contributed by atoms with van der Waals surface area (Å²) in [5, 5.41) is 0. The van der Waals surface area contributed by atoms with E-state index in [1.54, 1.807) is 0 Å². The smallest absolute Gasteiger partial charge is 0.0256 e. The molecule has 0 spiro atoms. The van der Waals surface area contributed by atoms with Crippen molar-refractivity contribution >= 4 is 24.3 Å². The summed E-state index contributed by atoms with van der Waals surface area (Å²) < 4.78 is 0. The van der Waals surface area contributed by atoms with Crippen LogP contribution >= 0.6 is 0 Å². The molecule has 0 unspecified atom stereocenters. The van der Waals surface area contributed by atoms with Crippen LogP contribution in [0.4, 0.5) is 0 Å². The van der Waals surface area contributed by atoms with Crippen molar-refractivity contribution in [3.8, 4) is 0 Å². The zero-order valence-corrected chi connectivity index (χ0v) is 26.0. The van der Waals surface area contributed by atoms with Crippen LogP contribution in [0.1, 0.15) is 129 Å². The Hall–Kier alpha value is -2.86. The largest absolute Gasteiger partial charge is 0.0683 e. The van der Waals surface area contributed by atoms with Crippen molar-refractivity contribution in [2.24, 2.45) is 0 Å². The lowest BCUT2D eigenvalue weighted by molar-refractivity contribution is 0.702. The fourth-order valence-electron chi connectivity index (χ4n) is 3.23. The molecule has 0 saturated heterocycles. The van der Waals surface area contributed by atoms with Gasteiger partial charge in [-0.2, -0.15) is 0 Å². The molecule has 3 aromatic carbocycles. The minimum absolute atomic E-state index is 1.21. The Morgan fingerprint density at radius 1 is 0.342 bits per heavy atom. The van der Waals surface area contributed by atoms with Gasteiger partial charge >= 0.3 is 0 Å². The number of rotatable bonds is 10. The Labute approximate surface area is 237 Å². The second kappa shape index (κ2) is 30.4. The summed E-state index contributed by atoms with van der Waals surface area (Å²) in [7, 11) is 0. The van der Waals surface area contributed by atoms with E-state index in [0.29, 0.717) is 0 Å². The molecule has 0 saturated carbocycles. The van der Waals surface area contributed by atoms with Crippen LogP contribution in [0.5, 0.6) is 0 Å². The zero-order valence-electron chi connectivity index (χ0n) is 26.0. The first kappa shape index (κ1) is 37.3. The molecule has 0 nitrogen and oxygen atoms in total. The molecule has 0 heteroatoms. The van der Waals surface area contributed by atoms with Crippen LogP contribution in [0.2, 0.25) is 0 Å². The van der Waals surface area contributed by atoms with Crippen molar-refractivity contribution in [2.45, 2.75) is 107 Å². The second-order valence-corrected chi connectivity index (χ2v) is 8.57. The Morgan fingerprint density at radius 3 is 0.763 bits per heavy atom. The van der Waals surface area contributed by atoms with Gasteiger partial charge < -0.3 is 0 Å². The monoisotopic (exact) mass is 514 g/mol. The Balaban J connectivity index is 0. The highest BCUT2D eigenvalue weighted by Gasteiger charge is 1.90. The van der Waals surface area contributed by atoms with Gasteiger partial charge in [-0.25, -0.2) is 0 Å². The first-order valence-electron chi connectivity index (χ1n) is 15.3. The normalized spacial score (nSPS) is 9.68. The van der Waals surface area contributed by atoms with Gasteiger partial charge in [-0.3, -0.25) is 0 Å². The first-order chi connectivity index (χ1) is 18.7. The maximum atomic E-state index is 2.23. The summed E-state index contributed by atoms with van der Waals surface area (Å²) in [6.45, 7) is 16.9. The van der Waals surface area contributed by atoms with Gasteiger partial charge in [0.05, 0.1) is 0 Å². The van der Waals surface area contributed by atoms with Crippen LogP contribution in [0.3, 0.4) is 0 Å². The van der Waals surface area contributed by atoms with Crippen molar-refractivity contribution < 1.29 is 0 Å². The molecule has 38 heavy (non-hydrogen) atoms. The van der Waals surface area contributed by atoms with Gasteiger partial charge in [-0.05, 0) is 22.3 Å². The quantitative estimate of drug-likeness (QED) is 0.186. The van der Waals surface area contributed by atoms with E-state index in [1.807, 2.05) is 39.8 Å². The van der Waals surface area contributed by atoms with Gasteiger partial charge in [0.1, 0.15) is 0 Å². The molecule has 3 rings (SSSR count). The molecule has 0 aliphatic carbocycles. The summed E-state index contributed by atoms with van der Waals surface area (Å²) in [5.74, 6) is 0. The summed E-state index contributed by atoms with van der Waals surface area (Å²) in [6, 6.07) is 29.3. The van der Waals surface area contributed by atoms with Crippen LogP contribution in [0, 0.1) is 0 Å². The van der Waals surface area contributed by atoms with E-state index in [-0.39, 0.29) is 0 Å². The van der Waals surface area contributed by atoms with Gasteiger partial charge in [-0.1, -0.05) is 216 Å². The van der Waals surface area contributed by atoms with Gasteiger partial charge in [0.25, 0.3) is 0 Å². The highest BCUT2D eigenvalue weighted by Crippen LogP contribution is 2.12. The summed E-state index contributed by atoms with van der Waals surface area (Å²) in [6.07, 6.45) is 19.6. The van der Waals surface area contributed by atoms with Gasteiger partial charge in [0.15, 0.2) is 0 Å². The highest BCUT2D eigenvalue weighted by atomic mass is 14.0. The van der Waals surface area contributed by atoms with Gasteiger partial charge in [-0.15, -0.1) is 0 Å². The topological polar surface area (TPSA) is 0 Å². The van der Waals surface area contributed by atoms with Crippen molar-refractivity contribution in [3.63, 3.8) is 0 Å². The summed E-state index contributed by atoms with van der Waals surface area (Å²) in [5.41, 5.74) is 4.85. The molecular formula is C38H58. The fourth-order valence-corrected chi connectivity index (χ4v) is 3.23. The SMILES string of the molecule is C(=Cc1ccc(C=Cc2ccccc2)cc1)c1ccccc1.CC.CC.CCCCCC.CCCCCC. The molecule has 0 amide bonds. The summed E-state index contributed by atoms with van der Waals surface area (Å²) in [4.78, 5) is 0. The average molecular weight is 515 g/mol. The Morgan fingerprint density at radius 2 is 0.553 bits per heavy atom. The van der Waals surface area contributed by atoms with E-state index in [4.69, 9.17) is 0 Å². The predicted octanol–water partition coefficient (Wildman–Crippen LogP) is 13.3. The lowest BCUT2D eigenvalue weighted by atomic mass is 10.1. The summed E-state index contributed by atoms with van der Waals surface area (Å²) >= 11 is 0. The predicted molar refractivity (Wildman–Crippen MR) is 180 cm³/mol.